The average molecular weight is 324 g/mol. The van der Waals surface area contributed by atoms with Crippen LogP contribution < -0.4 is 10.2 Å². The fraction of sp³-hybridized carbons (Fsp3) is 0.588. The van der Waals surface area contributed by atoms with Gasteiger partial charge in [0.25, 0.3) is 0 Å². The number of carbonyl (C=O) groups excluding carboxylic acids is 1. The van der Waals surface area contributed by atoms with E-state index in [9.17, 15) is 4.79 Å². The van der Waals surface area contributed by atoms with Crippen LogP contribution in [-0.2, 0) is 4.79 Å². The molecule has 22 heavy (non-hydrogen) atoms. The number of hydrogen-bond acceptors (Lipinski definition) is 3. The number of carbonyl (C=O) groups is 1. The molecule has 1 saturated heterocycles. The molecule has 5 heteroatoms. The smallest absolute Gasteiger partial charge is 0.224 e. The summed E-state index contributed by atoms with van der Waals surface area (Å²) in [5.74, 6) is 0.0576. The predicted molar refractivity (Wildman–Crippen MR) is 93.9 cm³/mol. The van der Waals surface area contributed by atoms with E-state index in [2.05, 4.69) is 29.0 Å². The lowest BCUT2D eigenvalue weighted by molar-refractivity contribution is -0.116. The maximum absolute atomic E-state index is 11.8. The van der Waals surface area contributed by atoms with E-state index < -0.39 is 0 Å². The zero-order valence-electron chi connectivity index (χ0n) is 13.6. The van der Waals surface area contributed by atoms with E-state index in [0.717, 1.165) is 56.9 Å². The standard InChI is InChI=1S/C17H26ClN3O/c1-3-5-6-17(22)19-14-7-8-16(15(18)13-14)21-11-9-20(4-2)10-12-21/h7-8,13H,3-6,9-12H2,1-2H3,(H,19,22). The van der Waals surface area contributed by atoms with Crippen LogP contribution in [0.5, 0.6) is 0 Å². The largest absolute Gasteiger partial charge is 0.368 e. The summed E-state index contributed by atoms with van der Waals surface area (Å²) < 4.78 is 0. The number of benzene rings is 1. The fourth-order valence-electron chi connectivity index (χ4n) is 2.71. The number of piperazine rings is 1. The van der Waals surface area contributed by atoms with Crippen LogP contribution in [0.25, 0.3) is 0 Å². The number of nitrogens with zero attached hydrogens (tertiary/aromatic N) is 2. The van der Waals surface area contributed by atoms with Crippen LogP contribution in [0.1, 0.15) is 33.1 Å². The fourth-order valence-corrected chi connectivity index (χ4v) is 3.01. The van der Waals surface area contributed by atoms with Gasteiger partial charge in [-0.25, -0.2) is 0 Å². The van der Waals surface area contributed by atoms with Gasteiger partial charge in [-0.3, -0.25) is 4.79 Å². The van der Waals surface area contributed by atoms with Crippen LogP contribution in [0.3, 0.4) is 0 Å². The Kier molecular flexibility index (Phi) is 6.52. The van der Waals surface area contributed by atoms with E-state index in [-0.39, 0.29) is 5.91 Å². The van der Waals surface area contributed by atoms with Crippen molar-refractivity contribution in [3.8, 4) is 0 Å². The molecule has 1 aromatic carbocycles. The van der Waals surface area contributed by atoms with Gasteiger partial charge in [-0.15, -0.1) is 0 Å². The van der Waals surface area contributed by atoms with Crippen LogP contribution in [0.15, 0.2) is 18.2 Å². The Labute approximate surface area is 138 Å². The molecule has 0 unspecified atom stereocenters. The second kappa shape index (κ2) is 8.39. The molecular formula is C17H26ClN3O. The number of rotatable bonds is 6. The molecule has 1 aliphatic heterocycles. The van der Waals surface area contributed by atoms with Crippen LogP contribution in [0.4, 0.5) is 11.4 Å². The lowest BCUT2D eigenvalue weighted by Crippen LogP contribution is -2.46. The highest BCUT2D eigenvalue weighted by atomic mass is 35.5. The lowest BCUT2D eigenvalue weighted by atomic mass is 10.2. The first-order valence-electron chi connectivity index (χ1n) is 8.20. The molecule has 1 heterocycles. The molecule has 0 spiro atoms. The van der Waals surface area contributed by atoms with Gasteiger partial charge < -0.3 is 15.1 Å². The minimum Gasteiger partial charge on any atom is -0.368 e. The van der Waals surface area contributed by atoms with Crippen molar-refractivity contribution in [2.75, 3.05) is 42.9 Å². The summed E-state index contributed by atoms with van der Waals surface area (Å²) in [6.07, 6.45) is 2.51. The molecule has 0 radical (unpaired) electrons. The summed E-state index contributed by atoms with van der Waals surface area (Å²) in [4.78, 5) is 16.5. The first kappa shape index (κ1) is 17.1. The lowest BCUT2D eigenvalue weighted by Gasteiger charge is -2.36. The third-order valence-corrected chi connectivity index (χ3v) is 4.45. The maximum Gasteiger partial charge on any atom is 0.224 e. The molecule has 0 aliphatic carbocycles. The van der Waals surface area contributed by atoms with Crippen molar-refractivity contribution in [1.29, 1.82) is 0 Å². The van der Waals surface area contributed by atoms with Crippen LogP contribution in [0, 0.1) is 0 Å². The minimum absolute atomic E-state index is 0.0576. The third-order valence-electron chi connectivity index (χ3n) is 4.15. The highest BCUT2D eigenvalue weighted by Crippen LogP contribution is 2.29. The molecule has 122 valence electrons. The first-order valence-corrected chi connectivity index (χ1v) is 8.58. The van der Waals surface area contributed by atoms with Crippen molar-refractivity contribution in [2.24, 2.45) is 0 Å². The monoisotopic (exact) mass is 323 g/mol. The van der Waals surface area contributed by atoms with E-state index in [0.29, 0.717) is 11.4 Å². The zero-order chi connectivity index (χ0) is 15.9. The van der Waals surface area contributed by atoms with Gasteiger partial charge in [0.05, 0.1) is 10.7 Å². The number of likely N-dealkylation sites (N-methyl/N-ethyl adjacent to an activating group) is 1. The summed E-state index contributed by atoms with van der Waals surface area (Å²) in [6.45, 7) is 9.51. The van der Waals surface area contributed by atoms with Crippen molar-refractivity contribution < 1.29 is 4.79 Å². The SMILES string of the molecule is CCCCC(=O)Nc1ccc(N2CCN(CC)CC2)c(Cl)c1. The Bertz CT molecular complexity index is 499. The maximum atomic E-state index is 11.8. The van der Waals surface area contributed by atoms with Gasteiger partial charge in [0.15, 0.2) is 0 Å². The van der Waals surface area contributed by atoms with E-state index in [4.69, 9.17) is 11.6 Å². The minimum atomic E-state index is 0.0576. The molecule has 1 N–H and O–H groups in total. The molecule has 0 aromatic heterocycles. The van der Waals surface area contributed by atoms with Gasteiger partial charge in [0, 0.05) is 38.3 Å². The Morgan fingerprint density at radius 3 is 2.55 bits per heavy atom. The molecular weight excluding hydrogens is 298 g/mol. The Morgan fingerprint density at radius 2 is 1.95 bits per heavy atom. The van der Waals surface area contributed by atoms with Crippen LogP contribution in [0.2, 0.25) is 5.02 Å². The summed E-state index contributed by atoms with van der Waals surface area (Å²) >= 11 is 6.41. The van der Waals surface area contributed by atoms with Gasteiger partial charge in [0.1, 0.15) is 0 Å². The van der Waals surface area contributed by atoms with Gasteiger partial charge in [-0.2, -0.15) is 0 Å². The van der Waals surface area contributed by atoms with Crippen LogP contribution >= 0.6 is 11.6 Å². The molecule has 0 atom stereocenters. The summed E-state index contributed by atoms with van der Waals surface area (Å²) in [7, 11) is 0. The van der Waals surface area contributed by atoms with Crippen molar-refractivity contribution in [3.63, 3.8) is 0 Å². The predicted octanol–water partition coefficient (Wildman–Crippen LogP) is 3.61. The van der Waals surface area contributed by atoms with Crippen molar-refractivity contribution in [3.05, 3.63) is 23.2 Å². The topological polar surface area (TPSA) is 35.6 Å². The van der Waals surface area contributed by atoms with Gasteiger partial charge >= 0.3 is 0 Å². The molecule has 0 bridgehead atoms. The first-order chi connectivity index (χ1) is 10.6. The van der Waals surface area contributed by atoms with Crippen molar-refractivity contribution in [2.45, 2.75) is 33.1 Å². The third kappa shape index (κ3) is 4.62. The summed E-state index contributed by atoms with van der Waals surface area (Å²) in [5, 5.41) is 3.62. The molecule has 0 saturated carbocycles. The molecule has 2 rings (SSSR count). The Morgan fingerprint density at radius 1 is 1.23 bits per heavy atom. The Hall–Kier alpha value is -1.26. The number of nitrogens with one attached hydrogen (secondary N) is 1. The second-order valence-corrected chi connectivity index (χ2v) is 6.15. The second-order valence-electron chi connectivity index (χ2n) is 5.74. The molecule has 4 nitrogen and oxygen atoms in total. The van der Waals surface area contributed by atoms with Crippen LogP contribution in [-0.4, -0.2) is 43.5 Å². The van der Waals surface area contributed by atoms with Crippen molar-refractivity contribution in [1.82, 2.24) is 4.90 Å². The van der Waals surface area contributed by atoms with Crippen molar-refractivity contribution >= 4 is 28.9 Å². The number of halogens is 1. The Balaban J connectivity index is 1.96. The zero-order valence-corrected chi connectivity index (χ0v) is 14.3. The number of anilines is 2. The number of unbranched alkanes of at least 4 members (excludes halogenated alkanes) is 1. The van der Waals surface area contributed by atoms with E-state index in [1.165, 1.54) is 0 Å². The van der Waals surface area contributed by atoms with E-state index in [1.807, 2.05) is 18.2 Å². The van der Waals surface area contributed by atoms with Gasteiger partial charge in [-0.1, -0.05) is 31.9 Å². The quantitative estimate of drug-likeness (QED) is 0.868. The molecule has 1 aliphatic rings. The number of hydrogen-bond donors (Lipinski definition) is 1. The summed E-state index contributed by atoms with van der Waals surface area (Å²) in [6, 6.07) is 5.81. The molecule has 1 amide bonds. The molecule has 1 aromatic rings. The number of amides is 1. The van der Waals surface area contributed by atoms with Gasteiger partial charge in [-0.05, 0) is 31.2 Å². The molecule has 1 fully saturated rings. The summed E-state index contributed by atoms with van der Waals surface area (Å²) in [5.41, 5.74) is 1.84. The highest BCUT2D eigenvalue weighted by Gasteiger charge is 2.18. The average Bonchev–Trinajstić information content (AvgIpc) is 2.53. The van der Waals surface area contributed by atoms with Gasteiger partial charge in [0.2, 0.25) is 5.91 Å². The van der Waals surface area contributed by atoms with E-state index in [1.54, 1.807) is 0 Å². The normalized spacial score (nSPS) is 15.9. The van der Waals surface area contributed by atoms with E-state index >= 15 is 0 Å². The highest BCUT2D eigenvalue weighted by molar-refractivity contribution is 6.33.